The zero-order valence-corrected chi connectivity index (χ0v) is 14.7. The lowest BCUT2D eigenvalue weighted by atomic mass is 10.1. The molecule has 0 bridgehead atoms. The monoisotopic (exact) mass is 316 g/mol. The van der Waals surface area contributed by atoms with Crippen LogP contribution in [0.3, 0.4) is 0 Å². The van der Waals surface area contributed by atoms with Crippen molar-refractivity contribution in [1.82, 2.24) is 9.78 Å². The van der Waals surface area contributed by atoms with Crippen LogP contribution in [0.5, 0.6) is 0 Å². The molecule has 3 aromatic rings. The Kier molecular flexibility index (Phi) is 4.18. The topological polar surface area (TPSA) is 17.8 Å². The van der Waals surface area contributed by atoms with E-state index in [1.165, 1.54) is 0 Å². The summed E-state index contributed by atoms with van der Waals surface area (Å²) < 4.78 is 1.91. The minimum Gasteiger partial charge on any atom is -0.239 e. The molecule has 1 aromatic heterocycles. The normalized spacial score (nSPS) is 10.9. The molecule has 0 fully saturated rings. The number of benzene rings is 2. The van der Waals surface area contributed by atoms with E-state index in [1.54, 1.807) is 0 Å². The Bertz CT molecular complexity index is 847. The highest BCUT2D eigenvalue weighted by Gasteiger charge is 2.12. The van der Waals surface area contributed by atoms with Crippen molar-refractivity contribution in [3.05, 3.63) is 72.6 Å². The number of hydrogen-bond donors (Lipinski definition) is 0. The van der Waals surface area contributed by atoms with Gasteiger partial charge in [-0.2, -0.15) is 5.10 Å². The third-order valence-corrected chi connectivity index (χ3v) is 4.25. The molecule has 23 heavy (non-hydrogen) atoms. The average Bonchev–Trinajstić information content (AvgIpc) is 2.98. The third kappa shape index (κ3) is 3.80. The van der Waals surface area contributed by atoms with Crippen LogP contribution in [0.25, 0.3) is 16.8 Å². The molecule has 0 saturated carbocycles. The predicted molar refractivity (Wildman–Crippen MR) is 99.2 cm³/mol. The molecular weight excluding hydrogens is 296 g/mol. The smallest absolute Gasteiger partial charge is 0.142 e. The van der Waals surface area contributed by atoms with Gasteiger partial charge in [0, 0.05) is 11.8 Å². The van der Waals surface area contributed by atoms with E-state index in [-0.39, 0.29) is 0 Å². The van der Waals surface area contributed by atoms with Crippen LogP contribution in [0.1, 0.15) is 5.69 Å². The van der Waals surface area contributed by atoms with E-state index in [1.807, 2.05) is 41.1 Å². The van der Waals surface area contributed by atoms with Gasteiger partial charge in [-0.15, -0.1) is 5.54 Å². The lowest BCUT2D eigenvalue weighted by molar-refractivity contribution is 0.874. The highest BCUT2D eigenvalue weighted by atomic mass is 28.3. The molecule has 2 aromatic carbocycles. The van der Waals surface area contributed by atoms with Gasteiger partial charge < -0.3 is 0 Å². The fourth-order valence-corrected chi connectivity index (χ4v) is 2.75. The van der Waals surface area contributed by atoms with Crippen LogP contribution in [0.15, 0.2) is 66.9 Å². The Morgan fingerprint density at radius 1 is 0.870 bits per heavy atom. The summed E-state index contributed by atoms with van der Waals surface area (Å²) >= 11 is 0. The number of aromatic nitrogens is 2. The summed E-state index contributed by atoms with van der Waals surface area (Å²) in [7, 11) is -1.44. The second-order valence-electron chi connectivity index (χ2n) is 6.54. The van der Waals surface area contributed by atoms with Gasteiger partial charge in [-0.1, -0.05) is 74.1 Å². The molecule has 0 atom stereocenters. The van der Waals surface area contributed by atoms with Crippen LogP contribution in [-0.4, -0.2) is 17.9 Å². The van der Waals surface area contributed by atoms with Crippen LogP contribution in [0.4, 0.5) is 0 Å². The summed E-state index contributed by atoms with van der Waals surface area (Å²) in [5, 5.41) is 4.73. The van der Waals surface area contributed by atoms with E-state index >= 15 is 0 Å². The molecule has 114 valence electrons. The number of hydrogen-bond acceptors (Lipinski definition) is 1. The van der Waals surface area contributed by atoms with E-state index in [0.29, 0.717) is 0 Å². The molecular formula is C20H20N2Si. The van der Waals surface area contributed by atoms with Gasteiger partial charge in [0.15, 0.2) is 0 Å². The number of para-hydroxylation sites is 1. The summed E-state index contributed by atoms with van der Waals surface area (Å²) in [6.07, 6.45) is 2.07. The molecule has 0 unspecified atom stereocenters. The van der Waals surface area contributed by atoms with Crippen molar-refractivity contribution in [3.8, 4) is 28.3 Å². The fourth-order valence-electron chi connectivity index (χ4n) is 2.25. The average molecular weight is 316 g/mol. The van der Waals surface area contributed by atoms with Crippen molar-refractivity contribution < 1.29 is 0 Å². The van der Waals surface area contributed by atoms with E-state index < -0.39 is 8.07 Å². The summed E-state index contributed by atoms with van der Waals surface area (Å²) in [5.41, 5.74) is 7.55. The largest absolute Gasteiger partial charge is 0.239 e. The second-order valence-corrected chi connectivity index (χ2v) is 11.3. The maximum absolute atomic E-state index is 4.73. The van der Waals surface area contributed by atoms with Crippen LogP contribution in [-0.2, 0) is 0 Å². The Balaban J connectivity index is 2.12. The van der Waals surface area contributed by atoms with Crippen molar-refractivity contribution in [2.24, 2.45) is 0 Å². The van der Waals surface area contributed by atoms with Gasteiger partial charge in [0.2, 0.25) is 0 Å². The second kappa shape index (κ2) is 6.27. The lowest BCUT2D eigenvalue weighted by Crippen LogP contribution is -2.16. The molecule has 0 aliphatic carbocycles. The maximum atomic E-state index is 4.73. The molecule has 0 saturated heterocycles. The highest BCUT2D eigenvalue weighted by molar-refractivity contribution is 6.83. The molecule has 3 rings (SSSR count). The fraction of sp³-hybridized carbons (Fsp3) is 0.150. The van der Waals surface area contributed by atoms with Gasteiger partial charge in [0.1, 0.15) is 13.8 Å². The highest BCUT2D eigenvalue weighted by Crippen LogP contribution is 2.24. The Labute approximate surface area is 138 Å². The van der Waals surface area contributed by atoms with Crippen molar-refractivity contribution in [1.29, 1.82) is 0 Å². The Morgan fingerprint density at radius 3 is 2.09 bits per heavy atom. The molecule has 1 heterocycles. The summed E-state index contributed by atoms with van der Waals surface area (Å²) in [6, 6.07) is 20.5. The molecule has 0 radical (unpaired) electrons. The van der Waals surface area contributed by atoms with Gasteiger partial charge in [-0.3, -0.25) is 0 Å². The first-order valence-corrected chi connectivity index (χ1v) is 11.3. The summed E-state index contributed by atoms with van der Waals surface area (Å²) in [6.45, 7) is 6.74. The first kappa shape index (κ1) is 15.3. The first-order chi connectivity index (χ1) is 11.0. The van der Waals surface area contributed by atoms with Crippen LogP contribution < -0.4 is 0 Å². The lowest BCUT2D eigenvalue weighted by Gasteiger charge is -2.03. The van der Waals surface area contributed by atoms with E-state index in [2.05, 4.69) is 61.6 Å². The van der Waals surface area contributed by atoms with E-state index in [0.717, 1.165) is 22.5 Å². The van der Waals surface area contributed by atoms with Gasteiger partial charge in [-0.25, -0.2) is 4.68 Å². The van der Waals surface area contributed by atoms with Gasteiger partial charge in [0.25, 0.3) is 0 Å². The minimum absolute atomic E-state index is 0.850. The number of rotatable bonds is 2. The van der Waals surface area contributed by atoms with E-state index in [4.69, 9.17) is 5.10 Å². The molecule has 2 nitrogen and oxygen atoms in total. The maximum Gasteiger partial charge on any atom is 0.142 e. The van der Waals surface area contributed by atoms with Crippen LogP contribution >= 0.6 is 0 Å². The SMILES string of the molecule is C[Si](C)(C)C#Cc1nn(-c2ccccc2)cc1-c1ccccc1. The zero-order chi connectivity index (χ0) is 16.3. The Morgan fingerprint density at radius 2 is 1.48 bits per heavy atom. The molecule has 0 aliphatic heterocycles. The van der Waals surface area contributed by atoms with Crippen molar-refractivity contribution in [2.75, 3.05) is 0 Å². The molecule has 0 spiro atoms. The van der Waals surface area contributed by atoms with E-state index in [9.17, 15) is 0 Å². The van der Waals surface area contributed by atoms with Crippen molar-refractivity contribution in [3.63, 3.8) is 0 Å². The molecule has 0 aliphatic rings. The molecule has 3 heteroatoms. The predicted octanol–water partition coefficient (Wildman–Crippen LogP) is 4.77. The van der Waals surface area contributed by atoms with Crippen molar-refractivity contribution in [2.45, 2.75) is 19.6 Å². The standard InChI is InChI=1S/C20H20N2Si/c1-23(2,3)15-14-20-19(17-10-6-4-7-11-17)16-22(21-20)18-12-8-5-9-13-18/h4-13,16H,1-3H3. The third-order valence-electron chi connectivity index (χ3n) is 3.38. The van der Waals surface area contributed by atoms with Gasteiger partial charge >= 0.3 is 0 Å². The molecule has 0 amide bonds. The minimum atomic E-state index is -1.44. The number of nitrogens with zero attached hydrogens (tertiary/aromatic N) is 2. The van der Waals surface area contributed by atoms with Gasteiger partial charge in [0.05, 0.1) is 5.69 Å². The summed E-state index contributed by atoms with van der Waals surface area (Å²) in [5.74, 6) is 3.32. The molecule has 0 N–H and O–H groups in total. The first-order valence-electron chi connectivity index (χ1n) is 7.77. The zero-order valence-electron chi connectivity index (χ0n) is 13.7. The van der Waals surface area contributed by atoms with Crippen LogP contribution in [0, 0.1) is 11.5 Å². The quantitative estimate of drug-likeness (QED) is 0.492. The van der Waals surface area contributed by atoms with Gasteiger partial charge in [-0.05, 0) is 17.7 Å². The Hall–Kier alpha value is -2.57. The summed E-state index contributed by atoms with van der Waals surface area (Å²) in [4.78, 5) is 0. The van der Waals surface area contributed by atoms with Crippen LogP contribution in [0.2, 0.25) is 19.6 Å². The van der Waals surface area contributed by atoms with Crippen molar-refractivity contribution >= 4 is 8.07 Å².